The fourth-order valence-electron chi connectivity index (χ4n) is 1.67. The zero-order chi connectivity index (χ0) is 11.0. The van der Waals surface area contributed by atoms with Gasteiger partial charge in [-0.15, -0.1) is 0 Å². The van der Waals surface area contributed by atoms with E-state index in [1.54, 1.807) is 24.1 Å². The van der Waals surface area contributed by atoms with Gasteiger partial charge >= 0.3 is 5.97 Å². The van der Waals surface area contributed by atoms with Gasteiger partial charge in [-0.3, -0.25) is 14.3 Å². The van der Waals surface area contributed by atoms with Gasteiger partial charge in [-0.2, -0.15) is 5.10 Å². The molecule has 2 rings (SSSR count). The summed E-state index contributed by atoms with van der Waals surface area (Å²) < 4.78 is 1.58. The van der Waals surface area contributed by atoms with E-state index in [1.165, 1.54) is 4.90 Å². The number of nitrogens with zero attached hydrogens (tertiary/aromatic N) is 3. The Bertz CT molecular complexity index is 412. The van der Waals surface area contributed by atoms with E-state index in [1.807, 2.05) is 0 Å². The first-order valence-electron chi connectivity index (χ1n) is 4.59. The van der Waals surface area contributed by atoms with Crippen molar-refractivity contribution >= 4 is 17.6 Å². The van der Waals surface area contributed by atoms with Gasteiger partial charge in [-0.1, -0.05) is 0 Å². The lowest BCUT2D eigenvalue weighted by molar-refractivity contribution is -0.141. The number of hydrogen-bond donors (Lipinski definition) is 1. The van der Waals surface area contributed by atoms with Crippen LogP contribution in [0.1, 0.15) is 6.42 Å². The molecule has 1 N–H and O–H groups in total. The molecule has 15 heavy (non-hydrogen) atoms. The zero-order valence-electron chi connectivity index (χ0n) is 8.25. The molecule has 1 aliphatic rings. The molecule has 1 fully saturated rings. The number of rotatable bonds is 2. The predicted molar refractivity (Wildman–Crippen MR) is 51.3 cm³/mol. The Hall–Kier alpha value is -1.85. The molecule has 0 unspecified atom stereocenters. The van der Waals surface area contributed by atoms with Gasteiger partial charge in [0.2, 0.25) is 5.91 Å². The number of anilines is 1. The highest BCUT2D eigenvalue weighted by molar-refractivity contribution is 5.98. The van der Waals surface area contributed by atoms with Crippen molar-refractivity contribution in [1.29, 1.82) is 0 Å². The van der Waals surface area contributed by atoms with E-state index in [0.717, 1.165) is 0 Å². The normalized spacial score (nSPS) is 21.0. The van der Waals surface area contributed by atoms with Gasteiger partial charge in [0.25, 0.3) is 0 Å². The average Bonchev–Trinajstić information content (AvgIpc) is 2.71. The highest BCUT2D eigenvalue weighted by Crippen LogP contribution is 2.24. The molecule has 1 aliphatic heterocycles. The number of aromatic nitrogens is 2. The summed E-state index contributed by atoms with van der Waals surface area (Å²) in [7, 11) is 1.75. The van der Waals surface area contributed by atoms with E-state index in [4.69, 9.17) is 5.11 Å². The smallest absolute Gasteiger partial charge is 0.308 e. The number of carboxylic acid groups (broad SMARTS) is 1. The van der Waals surface area contributed by atoms with Crippen molar-refractivity contribution in [2.45, 2.75) is 6.42 Å². The molecular weight excluding hydrogens is 198 g/mol. The molecule has 2 heterocycles. The molecule has 6 nitrogen and oxygen atoms in total. The minimum Gasteiger partial charge on any atom is -0.481 e. The Labute approximate surface area is 86.1 Å². The molecule has 1 atom stereocenters. The molecular formula is C9H11N3O3. The molecule has 6 heteroatoms. The molecule has 1 aromatic rings. The summed E-state index contributed by atoms with van der Waals surface area (Å²) >= 11 is 0. The lowest BCUT2D eigenvalue weighted by Gasteiger charge is -2.12. The highest BCUT2D eigenvalue weighted by atomic mass is 16.4. The summed E-state index contributed by atoms with van der Waals surface area (Å²) in [5.41, 5.74) is 0.659. The van der Waals surface area contributed by atoms with Crippen molar-refractivity contribution in [3.63, 3.8) is 0 Å². The Balaban J connectivity index is 2.18. The number of amides is 1. The molecule has 0 aliphatic carbocycles. The van der Waals surface area contributed by atoms with E-state index in [-0.39, 0.29) is 18.9 Å². The standard InChI is InChI=1S/C9H11N3O3/c1-11-5-7(3-10-11)12-4-6(9(14)15)2-8(12)13/h3,5-6H,2,4H2,1H3,(H,14,15)/t6-/m1/s1. The second kappa shape index (κ2) is 3.38. The Morgan fingerprint density at radius 1 is 1.67 bits per heavy atom. The number of aliphatic carboxylic acids is 1. The quantitative estimate of drug-likeness (QED) is 0.735. The van der Waals surface area contributed by atoms with Crippen molar-refractivity contribution in [2.24, 2.45) is 13.0 Å². The first-order chi connectivity index (χ1) is 7.08. The van der Waals surface area contributed by atoms with Gasteiger partial charge in [0, 0.05) is 26.2 Å². The molecule has 0 bridgehead atoms. The fraction of sp³-hybridized carbons (Fsp3) is 0.444. The molecule has 80 valence electrons. The average molecular weight is 209 g/mol. The van der Waals surface area contributed by atoms with Gasteiger partial charge in [0.1, 0.15) is 0 Å². The first-order valence-corrected chi connectivity index (χ1v) is 4.59. The number of hydrogen-bond acceptors (Lipinski definition) is 3. The Kier molecular flexibility index (Phi) is 2.18. The fourth-order valence-corrected chi connectivity index (χ4v) is 1.67. The van der Waals surface area contributed by atoms with Crippen LogP contribution < -0.4 is 4.90 Å². The van der Waals surface area contributed by atoms with E-state index in [0.29, 0.717) is 5.69 Å². The van der Waals surface area contributed by atoms with Crippen LogP contribution in [0, 0.1) is 5.92 Å². The third-order valence-corrected chi connectivity index (χ3v) is 2.48. The van der Waals surface area contributed by atoms with E-state index < -0.39 is 11.9 Å². The lowest BCUT2D eigenvalue weighted by Crippen LogP contribution is -2.25. The summed E-state index contributed by atoms with van der Waals surface area (Å²) in [5, 5.41) is 12.7. The summed E-state index contributed by atoms with van der Waals surface area (Å²) in [6.07, 6.45) is 3.33. The van der Waals surface area contributed by atoms with Crippen LogP contribution in [0.2, 0.25) is 0 Å². The van der Waals surface area contributed by atoms with Crippen LogP contribution in [0.5, 0.6) is 0 Å². The summed E-state index contributed by atoms with van der Waals surface area (Å²) in [5.74, 6) is -1.68. The number of aryl methyl sites for hydroxylation is 1. The van der Waals surface area contributed by atoms with Crippen molar-refractivity contribution < 1.29 is 14.7 Å². The molecule has 0 radical (unpaired) electrons. The topological polar surface area (TPSA) is 75.4 Å². The minimum atomic E-state index is -0.922. The number of carbonyl (C=O) groups is 2. The van der Waals surface area contributed by atoms with Gasteiger partial charge in [0.15, 0.2) is 0 Å². The first kappa shape index (κ1) is 9.70. The van der Waals surface area contributed by atoms with Crippen molar-refractivity contribution in [3.8, 4) is 0 Å². The monoisotopic (exact) mass is 209 g/mol. The van der Waals surface area contributed by atoms with Crippen LogP contribution >= 0.6 is 0 Å². The third kappa shape index (κ3) is 1.70. The number of carboxylic acids is 1. The SMILES string of the molecule is Cn1cc(N2C[C@H](C(=O)O)CC2=O)cn1. The van der Waals surface area contributed by atoms with Crippen LogP contribution in [0.25, 0.3) is 0 Å². The minimum absolute atomic E-state index is 0.0736. The molecule has 0 aromatic carbocycles. The van der Waals surface area contributed by atoms with Crippen LogP contribution in [0.4, 0.5) is 5.69 Å². The van der Waals surface area contributed by atoms with Crippen LogP contribution in [-0.2, 0) is 16.6 Å². The zero-order valence-corrected chi connectivity index (χ0v) is 8.25. The highest BCUT2D eigenvalue weighted by Gasteiger charge is 2.35. The largest absolute Gasteiger partial charge is 0.481 e. The summed E-state index contributed by atoms with van der Waals surface area (Å²) in [4.78, 5) is 23.7. The van der Waals surface area contributed by atoms with Crippen LogP contribution in [0.15, 0.2) is 12.4 Å². The molecule has 0 spiro atoms. The molecule has 1 aromatic heterocycles. The van der Waals surface area contributed by atoms with E-state index in [2.05, 4.69) is 5.10 Å². The molecule has 1 amide bonds. The maximum Gasteiger partial charge on any atom is 0.308 e. The van der Waals surface area contributed by atoms with Crippen molar-refractivity contribution in [1.82, 2.24) is 9.78 Å². The van der Waals surface area contributed by atoms with Gasteiger partial charge in [-0.05, 0) is 0 Å². The maximum atomic E-state index is 11.5. The number of carbonyl (C=O) groups excluding carboxylic acids is 1. The van der Waals surface area contributed by atoms with Crippen molar-refractivity contribution in [2.75, 3.05) is 11.4 Å². The van der Waals surface area contributed by atoms with E-state index in [9.17, 15) is 9.59 Å². The second-order valence-corrected chi connectivity index (χ2v) is 3.62. The lowest BCUT2D eigenvalue weighted by atomic mass is 10.1. The predicted octanol–water partition coefficient (Wildman–Crippen LogP) is -0.142. The maximum absolute atomic E-state index is 11.5. The third-order valence-electron chi connectivity index (χ3n) is 2.48. The van der Waals surface area contributed by atoms with Gasteiger partial charge < -0.3 is 10.0 Å². The van der Waals surface area contributed by atoms with Crippen molar-refractivity contribution in [3.05, 3.63) is 12.4 Å². The van der Waals surface area contributed by atoms with Gasteiger partial charge in [-0.25, -0.2) is 0 Å². The Morgan fingerprint density at radius 2 is 2.40 bits per heavy atom. The second-order valence-electron chi connectivity index (χ2n) is 3.62. The molecule has 0 saturated carbocycles. The summed E-state index contributed by atoms with van der Waals surface area (Å²) in [6.45, 7) is 0.236. The van der Waals surface area contributed by atoms with Crippen LogP contribution in [0.3, 0.4) is 0 Å². The van der Waals surface area contributed by atoms with Crippen LogP contribution in [-0.4, -0.2) is 33.3 Å². The Morgan fingerprint density at radius 3 is 2.87 bits per heavy atom. The van der Waals surface area contributed by atoms with E-state index >= 15 is 0 Å². The molecule has 1 saturated heterocycles. The summed E-state index contributed by atoms with van der Waals surface area (Å²) in [6, 6.07) is 0. The van der Waals surface area contributed by atoms with Gasteiger partial charge in [0.05, 0.1) is 17.8 Å².